The quantitative estimate of drug-likeness (QED) is 0.849. The van der Waals surface area contributed by atoms with Gasteiger partial charge in [0.1, 0.15) is 5.69 Å². The van der Waals surface area contributed by atoms with E-state index in [9.17, 15) is 21.6 Å². The van der Waals surface area contributed by atoms with Crippen molar-refractivity contribution in [1.29, 1.82) is 0 Å². The van der Waals surface area contributed by atoms with Crippen molar-refractivity contribution >= 4 is 15.9 Å². The first-order valence-corrected chi connectivity index (χ1v) is 8.54. The SMILES string of the molecule is O=S1(=O)N(Cc2cccnc2C(F)(F)F)CCN1c1ccccc1. The van der Waals surface area contributed by atoms with Crippen LogP contribution in [0.1, 0.15) is 11.3 Å². The molecule has 128 valence electrons. The van der Waals surface area contributed by atoms with Crippen LogP contribution >= 0.6 is 0 Å². The molecule has 24 heavy (non-hydrogen) atoms. The van der Waals surface area contributed by atoms with Gasteiger partial charge in [-0.3, -0.25) is 9.29 Å². The third kappa shape index (κ3) is 3.09. The first kappa shape index (κ1) is 16.7. The van der Waals surface area contributed by atoms with Crippen molar-refractivity contribution in [3.05, 3.63) is 59.9 Å². The lowest BCUT2D eigenvalue weighted by molar-refractivity contribution is -0.142. The lowest BCUT2D eigenvalue weighted by Crippen LogP contribution is -2.33. The Morgan fingerprint density at radius 2 is 1.75 bits per heavy atom. The van der Waals surface area contributed by atoms with E-state index in [4.69, 9.17) is 0 Å². The Labute approximate surface area is 137 Å². The number of pyridine rings is 1. The smallest absolute Gasteiger partial charge is 0.256 e. The van der Waals surface area contributed by atoms with Crippen LogP contribution in [0.5, 0.6) is 0 Å². The Morgan fingerprint density at radius 1 is 1.04 bits per heavy atom. The van der Waals surface area contributed by atoms with Crippen LogP contribution in [-0.4, -0.2) is 30.8 Å². The van der Waals surface area contributed by atoms with Crippen LogP contribution in [0.2, 0.25) is 0 Å². The van der Waals surface area contributed by atoms with E-state index in [1.807, 2.05) is 0 Å². The van der Waals surface area contributed by atoms with E-state index in [1.165, 1.54) is 16.4 Å². The first-order chi connectivity index (χ1) is 11.3. The molecular formula is C15H14F3N3O2S. The van der Waals surface area contributed by atoms with E-state index in [1.54, 1.807) is 30.3 Å². The molecule has 0 amide bonds. The number of benzene rings is 1. The average molecular weight is 357 g/mol. The highest BCUT2D eigenvalue weighted by atomic mass is 32.2. The summed E-state index contributed by atoms with van der Waals surface area (Å²) in [6.45, 7) is -0.0638. The first-order valence-electron chi connectivity index (χ1n) is 7.14. The van der Waals surface area contributed by atoms with E-state index in [-0.39, 0.29) is 25.2 Å². The van der Waals surface area contributed by atoms with Gasteiger partial charge in [-0.15, -0.1) is 0 Å². The second-order valence-electron chi connectivity index (χ2n) is 5.26. The van der Waals surface area contributed by atoms with Crippen LogP contribution in [0.25, 0.3) is 0 Å². The molecule has 1 saturated heterocycles. The van der Waals surface area contributed by atoms with Crippen LogP contribution in [-0.2, 0) is 22.9 Å². The average Bonchev–Trinajstić information content (AvgIpc) is 2.82. The second kappa shape index (κ2) is 6.06. The lowest BCUT2D eigenvalue weighted by Gasteiger charge is -2.21. The molecule has 0 atom stereocenters. The molecule has 5 nitrogen and oxygen atoms in total. The van der Waals surface area contributed by atoms with E-state index in [2.05, 4.69) is 4.98 Å². The minimum atomic E-state index is -4.63. The molecule has 0 radical (unpaired) electrons. The maximum absolute atomic E-state index is 13.0. The van der Waals surface area contributed by atoms with Crippen LogP contribution in [0.15, 0.2) is 48.7 Å². The largest absolute Gasteiger partial charge is 0.433 e. The number of alkyl halides is 3. The predicted molar refractivity (Wildman–Crippen MR) is 82.4 cm³/mol. The number of anilines is 1. The monoisotopic (exact) mass is 357 g/mol. The van der Waals surface area contributed by atoms with Crippen molar-refractivity contribution in [2.24, 2.45) is 0 Å². The van der Waals surface area contributed by atoms with Crippen LogP contribution in [0, 0.1) is 0 Å². The number of hydrogen-bond acceptors (Lipinski definition) is 3. The van der Waals surface area contributed by atoms with Gasteiger partial charge in [0.05, 0.1) is 5.69 Å². The molecular weight excluding hydrogens is 343 g/mol. The zero-order valence-corrected chi connectivity index (χ0v) is 13.3. The second-order valence-corrected chi connectivity index (χ2v) is 7.11. The van der Waals surface area contributed by atoms with Gasteiger partial charge in [0.15, 0.2) is 0 Å². The molecule has 9 heteroatoms. The Bertz CT molecular complexity index is 825. The third-order valence-corrected chi connectivity index (χ3v) is 5.62. The summed E-state index contributed by atoms with van der Waals surface area (Å²) in [5, 5.41) is 0. The maximum atomic E-state index is 13.0. The zero-order valence-electron chi connectivity index (χ0n) is 12.4. The Kier molecular flexibility index (Phi) is 4.22. The molecule has 0 spiro atoms. The number of hydrogen-bond donors (Lipinski definition) is 0. The highest BCUT2D eigenvalue weighted by Crippen LogP contribution is 2.32. The standard InChI is InChI=1S/C15H14F3N3O2S/c16-15(17,18)14-12(5-4-8-19-14)11-20-9-10-21(24(20,22)23)13-6-2-1-3-7-13/h1-8H,9-11H2. The van der Waals surface area contributed by atoms with Gasteiger partial charge in [-0.1, -0.05) is 24.3 Å². The zero-order chi connectivity index (χ0) is 17.4. The fourth-order valence-corrected chi connectivity index (χ4v) is 4.19. The van der Waals surface area contributed by atoms with Crippen LogP contribution < -0.4 is 4.31 Å². The topological polar surface area (TPSA) is 53.5 Å². The van der Waals surface area contributed by atoms with Gasteiger partial charge in [-0.05, 0) is 23.8 Å². The van der Waals surface area contributed by atoms with Gasteiger partial charge in [0.25, 0.3) is 0 Å². The van der Waals surface area contributed by atoms with Crippen molar-refractivity contribution < 1.29 is 21.6 Å². The van der Waals surface area contributed by atoms with Crippen LogP contribution in [0.3, 0.4) is 0 Å². The molecule has 0 bridgehead atoms. The molecule has 0 N–H and O–H groups in total. The molecule has 0 unspecified atom stereocenters. The van der Waals surface area contributed by atoms with Crippen molar-refractivity contribution in [3.63, 3.8) is 0 Å². The molecule has 1 fully saturated rings. The minimum Gasteiger partial charge on any atom is -0.256 e. The Balaban J connectivity index is 1.88. The van der Waals surface area contributed by atoms with E-state index in [0.717, 1.165) is 10.5 Å². The number of rotatable bonds is 3. The lowest BCUT2D eigenvalue weighted by atomic mass is 10.2. The summed E-state index contributed by atoms with van der Waals surface area (Å²) in [5.74, 6) is 0. The molecule has 0 saturated carbocycles. The summed E-state index contributed by atoms with van der Waals surface area (Å²) >= 11 is 0. The van der Waals surface area contributed by atoms with Gasteiger partial charge in [0, 0.05) is 25.8 Å². The van der Waals surface area contributed by atoms with Crippen LogP contribution in [0.4, 0.5) is 18.9 Å². The molecule has 1 aliphatic rings. The molecule has 1 aromatic heterocycles. The highest BCUT2D eigenvalue weighted by molar-refractivity contribution is 7.90. The van der Waals surface area contributed by atoms with Crippen molar-refractivity contribution in [1.82, 2.24) is 9.29 Å². The molecule has 3 rings (SSSR count). The van der Waals surface area contributed by atoms with Gasteiger partial charge < -0.3 is 0 Å². The number of nitrogens with zero attached hydrogens (tertiary/aromatic N) is 3. The number of aromatic nitrogens is 1. The van der Waals surface area contributed by atoms with Gasteiger partial charge >= 0.3 is 16.4 Å². The van der Waals surface area contributed by atoms with Crippen molar-refractivity contribution in [3.8, 4) is 0 Å². The molecule has 2 aromatic rings. The predicted octanol–water partition coefficient (Wildman–Crippen LogP) is 2.67. The highest BCUT2D eigenvalue weighted by Gasteiger charge is 2.40. The van der Waals surface area contributed by atoms with Gasteiger partial charge in [-0.2, -0.15) is 25.9 Å². The fraction of sp³-hybridized carbons (Fsp3) is 0.267. The normalized spacial score (nSPS) is 18.0. The van der Waals surface area contributed by atoms with E-state index < -0.39 is 22.1 Å². The number of para-hydroxylation sites is 1. The third-order valence-electron chi connectivity index (χ3n) is 3.71. The minimum absolute atomic E-state index is 0.115. The summed E-state index contributed by atoms with van der Waals surface area (Å²) < 4.78 is 66.5. The summed E-state index contributed by atoms with van der Waals surface area (Å²) in [7, 11) is -3.87. The number of halogens is 3. The van der Waals surface area contributed by atoms with Gasteiger partial charge in [0.2, 0.25) is 0 Å². The maximum Gasteiger partial charge on any atom is 0.433 e. The van der Waals surface area contributed by atoms with Crippen molar-refractivity contribution in [2.45, 2.75) is 12.7 Å². The summed E-state index contributed by atoms with van der Waals surface area (Å²) in [6.07, 6.45) is -3.58. The van der Waals surface area contributed by atoms with Gasteiger partial charge in [-0.25, -0.2) is 0 Å². The summed E-state index contributed by atoms with van der Waals surface area (Å²) in [5.41, 5.74) is -0.732. The molecule has 2 heterocycles. The van der Waals surface area contributed by atoms with Crippen molar-refractivity contribution in [2.75, 3.05) is 17.4 Å². The fourth-order valence-electron chi connectivity index (χ4n) is 2.60. The Hall–Kier alpha value is -2.13. The van der Waals surface area contributed by atoms with E-state index in [0.29, 0.717) is 5.69 Å². The Morgan fingerprint density at radius 3 is 2.42 bits per heavy atom. The van der Waals surface area contributed by atoms with E-state index >= 15 is 0 Å². The summed E-state index contributed by atoms with van der Waals surface area (Å²) in [6, 6.07) is 11.1. The molecule has 0 aliphatic carbocycles. The summed E-state index contributed by atoms with van der Waals surface area (Å²) in [4.78, 5) is 3.36. The molecule has 1 aromatic carbocycles. The molecule has 1 aliphatic heterocycles.